The van der Waals surface area contributed by atoms with Crippen LogP contribution in [-0.2, 0) is 0 Å². The molecule has 0 saturated heterocycles. The molecule has 24 heavy (non-hydrogen) atoms. The van der Waals surface area contributed by atoms with Gasteiger partial charge < -0.3 is 15.8 Å². The smallest absolute Gasteiger partial charge is 0.248 e. The molecule has 3 aromatic rings. The number of nitrogen functional groups attached to an aromatic ring is 1. The van der Waals surface area contributed by atoms with Gasteiger partial charge in [0.15, 0.2) is 17.5 Å². The third-order valence-corrected chi connectivity index (χ3v) is 3.27. The molecule has 2 aromatic carbocycles. The fraction of sp³-hybridized carbons (Fsp3) is 0.0588. The maximum atomic E-state index is 13.3. The van der Waals surface area contributed by atoms with Gasteiger partial charge in [-0.15, -0.1) is 0 Å². The minimum absolute atomic E-state index is 0.155. The van der Waals surface area contributed by atoms with Crippen molar-refractivity contribution in [1.82, 2.24) is 9.97 Å². The monoisotopic (exact) mass is 328 g/mol. The number of nitrogens with zero attached hydrogens (tertiary/aromatic N) is 2. The van der Waals surface area contributed by atoms with Crippen molar-refractivity contribution in [2.45, 2.75) is 6.92 Å². The molecule has 0 radical (unpaired) electrons. The summed E-state index contributed by atoms with van der Waals surface area (Å²) in [6.45, 7) is 1.96. The van der Waals surface area contributed by atoms with Crippen LogP contribution < -0.4 is 15.8 Å². The average Bonchev–Trinajstić information content (AvgIpc) is 2.57. The summed E-state index contributed by atoms with van der Waals surface area (Å²) in [5, 5.41) is 2.81. The maximum Gasteiger partial charge on any atom is 0.248 e. The normalized spacial score (nSPS) is 10.5. The number of aromatic nitrogens is 2. The molecule has 0 amide bonds. The van der Waals surface area contributed by atoms with Gasteiger partial charge in [0, 0.05) is 11.8 Å². The molecule has 0 spiro atoms. The number of nitrogens with two attached hydrogens (primary N) is 1. The van der Waals surface area contributed by atoms with Crippen molar-refractivity contribution in [1.29, 1.82) is 0 Å². The zero-order valence-electron chi connectivity index (χ0n) is 12.8. The predicted octanol–water partition coefficient (Wildman–Crippen LogP) is 4.18. The number of nitrogens with one attached hydrogen (secondary N) is 1. The van der Waals surface area contributed by atoms with Crippen molar-refractivity contribution < 1.29 is 13.5 Å². The molecular formula is C17H14F2N4O. The summed E-state index contributed by atoms with van der Waals surface area (Å²) in [6.07, 6.45) is 1.27. The van der Waals surface area contributed by atoms with Gasteiger partial charge in [-0.05, 0) is 31.2 Å². The van der Waals surface area contributed by atoms with Crippen molar-refractivity contribution in [2.24, 2.45) is 0 Å². The Morgan fingerprint density at radius 2 is 1.75 bits per heavy atom. The van der Waals surface area contributed by atoms with Gasteiger partial charge in [0.1, 0.15) is 17.8 Å². The first-order valence-corrected chi connectivity index (χ1v) is 7.10. The molecule has 0 aliphatic carbocycles. The van der Waals surface area contributed by atoms with Crippen molar-refractivity contribution in [3.05, 3.63) is 66.0 Å². The van der Waals surface area contributed by atoms with Crippen molar-refractivity contribution in [3.63, 3.8) is 0 Å². The number of aryl methyl sites for hydroxylation is 1. The molecule has 3 rings (SSSR count). The summed E-state index contributed by atoms with van der Waals surface area (Å²) in [7, 11) is 0. The molecule has 1 aromatic heterocycles. The Kier molecular flexibility index (Phi) is 4.24. The third-order valence-electron chi connectivity index (χ3n) is 3.27. The quantitative estimate of drug-likeness (QED) is 0.751. The van der Waals surface area contributed by atoms with Crippen LogP contribution >= 0.6 is 0 Å². The van der Waals surface area contributed by atoms with Gasteiger partial charge in [-0.25, -0.2) is 13.8 Å². The molecule has 3 N–H and O–H groups in total. The van der Waals surface area contributed by atoms with Crippen LogP contribution in [0.25, 0.3) is 0 Å². The van der Waals surface area contributed by atoms with Crippen molar-refractivity contribution >= 4 is 17.2 Å². The molecule has 1 heterocycles. The lowest BCUT2D eigenvalue weighted by Gasteiger charge is -2.12. The number of anilines is 3. The second kappa shape index (κ2) is 6.49. The number of hydrogen-bond acceptors (Lipinski definition) is 5. The zero-order chi connectivity index (χ0) is 17.1. The lowest BCUT2D eigenvalue weighted by molar-refractivity contribution is 0.464. The van der Waals surface area contributed by atoms with Crippen LogP contribution in [0.15, 0.2) is 48.8 Å². The van der Waals surface area contributed by atoms with E-state index < -0.39 is 11.6 Å². The summed E-state index contributed by atoms with van der Waals surface area (Å²) in [5.74, 6) is -0.926. The lowest BCUT2D eigenvalue weighted by Crippen LogP contribution is -2.03. The molecule has 0 unspecified atom stereocenters. The first-order valence-electron chi connectivity index (χ1n) is 7.10. The van der Waals surface area contributed by atoms with E-state index in [1.54, 1.807) is 12.1 Å². The number of hydrogen-bond donors (Lipinski definition) is 2. The Bertz CT molecular complexity index is 869. The summed E-state index contributed by atoms with van der Waals surface area (Å²) < 4.78 is 31.9. The summed E-state index contributed by atoms with van der Waals surface area (Å²) in [5.41, 5.74) is 7.55. The van der Waals surface area contributed by atoms with Crippen molar-refractivity contribution in [3.8, 4) is 11.6 Å². The zero-order valence-corrected chi connectivity index (χ0v) is 12.8. The van der Waals surface area contributed by atoms with Gasteiger partial charge in [-0.3, -0.25) is 0 Å². The van der Waals surface area contributed by atoms with Crippen LogP contribution in [0.5, 0.6) is 11.6 Å². The highest BCUT2D eigenvalue weighted by atomic mass is 19.2. The summed E-state index contributed by atoms with van der Waals surface area (Å²) in [4.78, 5) is 8.00. The second-order valence-corrected chi connectivity index (χ2v) is 5.11. The summed E-state index contributed by atoms with van der Waals surface area (Å²) >= 11 is 0. The fourth-order valence-corrected chi connectivity index (χ4v) is 1.99. The van der Waals surface area contributed by atoms with Crippen LogP contribution in [0.1, 0.15) is 5.56 Å². The lowest BCUT2D eigenvalue weighted by atomic mass is 10.2. The molecular weight excluding hydrogens is 314 g/mol. The Balaban J connectivity index is 1.84. The van der Waals surface area contributed by atoms with E-state index in [4.69, 9.17) is 10.5 Å². The van der Waals surface area contributed by atoms with Gasteiger partial charge in [-0.2, -0.15) is 4.98 Å². The van der Waals surface area contributed by atoms with E-state index in [9.17, 15) is 8.78 Å². The highest BCUT2D eigenvalue weighted by Crippen LogP contribution is 2.31. The van der Waals surface area contributed by atoms with Crippen LogP contribution in [0, 0.1) is 18.6 Å². The van der Waals surface area contributed by atoms with E-state index in [1.165, 1.54) is 12.4 Å². The maximum absolute atomic E-state index is 13.3. The van der Waals surface area contributed by atoms with Gasteiger partial charge in [0.05, 0.1) is 0 Å². The van der Waals surface area contributed by atoms with Crippen LogP contribution in [-0.4, -0.2) is 9.97 Å². The van der Waals surface area contributed by atoms with Crippen LogP contribution in [0.2, 0.25) is 0 Å². The highest BCUT2D eigenvalue weighted by Gasteiger charge is 2.11. The van der Waals surface area contributed by atoms with E-state index in [-0.39, 0.29) is 17.4 Å². The number of rotatable bonds is 4. The van der Waals surface area contributed by atoms with Gasteiger partial charge in [0.2, 0.25) is 5.88 Å². The number of halogens is 2. The summed E-state index contributed by atoms with van der Waals surface area (Å²) in [6, 6.07) is 10.8. The Labute approximate surface area is 137 Å². The Morgan fingerprint density at radius 3 is 2.46 bits per heavy atom. The SMILES string of the molecule is Cc1ccc(Oc2ncnc(Nc3ccc(F)c(F)c3)c2N)cc1. The molecule has 0 atom stereocenters. The molecule has 0 fully saturated rings. The largest absolute Gasteiger partial charge is 0.437 e. The minimum atomic E-state index is -0.969. The molecule has 0 aliphatic rings. The standard InChI is InChI=1S/C17H14F2N4O/c1-10-2-5-12(6-3-10)24-17-15(20)16(21-9-22-17)23-11-4-7-13(18)14(19)8-11/h2-9H,20H2,1H3,(H,21,22,23). The van der Waals surface area contributed by atoms with E-state index >= 15 is 0 Å². The first-order chi connectivity index (χ1) is 11.5. The number of benzene rings is 2. The fourth-order valence-electron chi connectivity index (χ4n) is 1.99. The van der Waals surface area contributed by atoms with E-state index in [0.717, 1.165) is 17.7 Å². The minimum Gasteiger partial charge on any atom is -0.437 e. The van der Waals surface area contributed by atoms with Gasteiger partial charge in [0.25, 0.3) is 0 Å². The van der Waals surface area contributed by atoms with Gasteiger partial charge in [-0.1, -0.05) is 17.7 Å². The topological polar surface area (TPSA) is 73.1 Å². The molecule has 5 nitrogen and oxygen atoms in total. The second-order valence-electron chi connectivity index (χ2n) is 5.11. The van der Waals surface area contributed by atoms with Crippen molar-refractivity contribution in [2.75, 3.05) is 11.1 Å². The molecule has 7 heteroatoms. The van der Waals surface area contributed by atoms with E-state index in [0.29, 0.717) is 11.4 Å². The van der Waals surface area contributed by atoms with E-state index in [2.05, 4.69) is 15.3 Å². The van der Waals surface area contributed by atoms with Gasteiger partial charge >= 0.3 is 0 Å². The molecule has 0 aliphatic heterocycles. The third kappa shape index (κ3) is 3.40. The molecule has 0 saturated carbocycles. The molecule has 0 bridgehead atoms. The van der Waals surface area contributed by atoms with E-state index in [1.807, 2.05) is 19.1 Å². The Morgan fingerprint density at radius 1 is 1.00 bits per heavy atom. The first kappa shape index (κ1) is 15.7. The highest BCUT2D eigenvalue weighted by molar-refractivity contribution is 5.72. The predicted molar refractivity (Wildman–Crippen MR) is 87.3 cm³/mol. The van der Waals surface area contributed by atoms with Crippen LogP contribution in [0.4, 0.5) is 26.0 Å². The van der Waals surface area contributed by atoms with Crippen LogP contribution in [0.3, 0.4) is 0 Å². The number of ether oxygens (including phenoxy) is 1. The average molecular weight is 328 g/mol. The molecule has 122 valence electrons. The Hall–Kier alpha value is -3.22.